The Kier molecular flexibility index (Phi) is 7.56. The number of nitrogens with zero attached hydrogens (tertiary/aromatic N) is 5. The molecule has 1 aromatic carbocycles. The van der Waals surface area contributed by atoms with Crippen LogP contribution >= 0.6 is 0 Å². The molecule has 0 saturated carbocycles. The minimum atomic E-state index is -0.563. The van der Waals surface area contributed by atoms with E-state index in [4.69, 9.17) is 0 Å². The normalized spacial score (nSPS) is 14.3. The second-order valence-corrected chi connectivity index (χ2v) is 8.39. The van der Waals surface area contributed by atoms with E-state index in [1.54, 1.807) is 41.3 Å². The summed E-state index contributed by atoms with van der Waals surface area (Å²) in [6, 6.07) is 8.35. The van der Waals surface area contributed by atoms with Crippen LogP contribution in [0.3, 0.4) is 0 Å². The fourth-order valence-corrected chi connectivity index (χ4v) is 3.87. The van der Waals surface area contributed by atoms with Gasteiger partial charge < -0.3 is 25.8 Å². The van der Waals surface area contributed by atoms with Gasteiger partial charge in [-0.1, -0.05) is 12.1 Å². The Labute approximate surface area is 203 Å². The van der Waals surface area contributed by atoms with Crippen LogP contribution in [-0.2, 0) is 11.3 Å². The Morgan fingerprint density at radius 3 is 2.71 bits per heavy atom. The second-order valence-electron chi connectivity index (χ2n) is 8.39. The van der Waals surface area contributed by atoms with Gasteiger partial charge in [-0.2, -0.15) is 5.10 Å². The molecular weight excluding hydrogens is 451 g/mol. The van der Waals surface area contributed by atoms with Crippen LogP contribution < -0.4 is 16.0 Å². The summed E-state index contributed by atoms with van der Waals surface area (Å²) in [5.74, 6) is -0.439. The summed E-state index contributed by atoms with van der Waals surface area (Å²) in [4.78, 5) is 33.0. The van der Waals surface area contributed by atoms with Gasteiger partial charge in [0.05, 0.1) is 35.0 Å². The van der Waals surface area contributed by atoms with Crippen LogP contribution in [0.5, 0.6) is 0 Å². The fraction of sp³-hybridized carbons (Fsp3) is 0.333. The van der Waals surface area contributed by atoms with E-state index in [1.165, 1.54) is 13.1 Å². The molecule has 0 aliphatic carbocycles. The van der Waals surface area contributed by atoms with Crippen molar-refractivity contribution in [2.24, 2.45) is 0 Å². The van der Waals surface area contributed by atoms with Crippen molar-refractivity contribution in [2.45, 2.75) is 13.0 Å². The lowest BCUT2D eigenvalue weighted by molar-refractivity contribution is -0.131. The SMILES string of the molecule is CNC(=O)c1ccccc1Nc1cc(Nc2cnn(CC(=O)N3CCCN(C)CC3)c2)ncc1F. The van der Waals surface area contributed by atoms with Gasteiger partial charge in [0, 0.05) is 38.9 Å². The van der Waals surface area contributed by atoms with E-state index in [2.05, 4.69) is 38.0 Å². The summed E-state index contributed by atoms with van der Waals surface area (Å²) >= 11 is 0. The third-order valence-electron chi connectivity index (χ3n) is 5.80. The van der Waals surface area contributed by atoms with Crippen LogP contribution in [0.2, 0.25) is 0 Å². The number of carbonyl (C=O) groups is 2. The minimum absolute atomic E-state index is 0.0242. The molecular formula is C24H29FN8O2. The number of halogens is 1. The van der Waals surface area contributed by atoms with Crippen LogP contribution in [0.25, 0.3) is 0 Å². The molecule has 3 N–H and O–H groups in total. The van der Waals surface area contributed by atoms with Crippen LogP contribution in [0.1, 0.15) is 16.8 Å². The molecule has 10 nitrogen and oxygen atoms in total. The maximum absolute atomic E-state index is 14.5. The summed E-state index contributed by atoms with van der Waals surface area (Å²) in [5, 5.41) is 12.9. The lowest BCUT2D eigenvalue weighted by Crippen LogP contribution is -2.36. The van der Waals surface area contributed by atoms with Crippen LogP contribution in [0, 0.1) is 5.82 Å². The Morgan fingerprint density at radius 2 is 1.89 bits per heavy atom. The Hall–Kier alpha value is -3.99. The number of hydrogen-bond donors (Lipinski definition) is 3. The number of anilines is 4. The standard InChI is InChI=1S/C24H29FN8O2/c1-26-24(35)18-6-3-4-7-20(18)30-21-12-22(27-14-19(21)25)29-17-13-28-33(15-17)16-23(34)32-9-5-8-31(2)10-11-32/h3-4,6-7,12-15H,5,8-11,16H2,1-2H3,(H,26,35)(H2,27,29,30). The Bertz CT molecular complexity index is 1200. The number of benzene rings is 1. The largest absolute Gasteiger partial charge is 0.355 e. The smallest absolute Gasteiger partial charge is 0.253 e. The van der Waals surface area contributed by atoms with E-state index in [0.29, 0.717) is 29.3 Å². The zero-order valence-electron chi connectivity index (χ0n) is 19.8. The van der Waals surface area contributed by atoms with E-state index in [0.717, 1.165) is 32.3 Å². The first-order valence-electron chi connectivity index (χ1n) is 11.4. The van der Waals surface area contributed by atoms with Gasteiger partial charge >= 0.3 is 0 Å². The highest BCUT2D eigenvalue weighted by Crippen LogP contribution is 2.26. The highest BCUT2D eigenvalue weighted by Gasteiger charge is 2.18. The second kappa shape index (κ2) is 11.0. The van der Waals surface area contributed by atoms with E-state index in [-0.39, 0.29) is 24.0 Å². The minimum Gasteiger partial charge on any atom is -0.355 e. The molecule has 0 spiro atoms. The van der Waals surface area contributed by atoms with E-state index in [1.807, 2.05) is 4.90 Å². The van der Waals surface area contributed by atoms with Crippen molar-refractivity contribution in [3.63, 3.8) is 0 Å². The number of amides is 2. The van der Waals surface area contributed by atoms with Gasteiger partial charge in [0.2, 0.25) is 5.91 Å². The van der Waals surface area contributed by atoms with Gasteiger partial charge in [-0.05, 0) is 32.1 Å². The van der Waals surface area contributed by atoms with E-state index >= 15 is 0 Å². The fourth-order valence-electron chi connectivity index (χ4n) is 3.87. The van der Waals surface area contributed by atoms with Crippen molar-refractivity contribution in [3.8, 4) is 0 Å². The highest BCUT2D eigenvalue weighted by molar-refractivity contribution is 6.00. The summed E-state index contributed by atoms with van der Waals surface area (Å²) in [5.41, 5.74) is 1.63. The van der Waals surface area contributed by atoms with Crippen molar-refractivity contribution in [2.75, 3.05) is 50.9 Å². The number of carbonyl (C=O) groups excluding carboxylic acids is 2. The quantitative estimate of drug-likeness (QED) is 0.477. The average Bonchev–Trinajstić information content (AvgIpc) is 3.17. The Balaban J connectivity index is 1.42. The highest BCUT2D eigenvalue weighted by atomic mass is 19.1. The van der Waals surface area contributed by atoms with Crippen molar-refractivity contribution in [1.82, 2.24) is 29.9 Å². The van der Waals surface area contributed by atoms with E-state index in [9.17, 15) is 14.0 Å². The first kappa shape index (κ1) is 24.1. The summed E-state index contributed by atoms with van der Waals surface area (Å²) < 4.78 is 16.0. The number of para-hydroxylation sites is 1. The topological polar surface area (TPSA) is 107 Å². The van der Waals surface area contributed by atoms with Crippen LogP contribution in [0.15, 0.2) is 48.9 Å². The predicted molar refractivity (Wildman–Crippen MR) is 132 cm³/mol. The third-order valence-corrected chi connectivity index (χ3v) is 5.80. The molecule has 1 aliphatic rings. The number of rotatable bonds is 7. The zero-order chi connectivity index (χ0) is 24.8. The first-order valence-corrected chi connectivity index (χ1v) is 11.4. The molecule has 0 bridgehead atoms. The molecule has 4 rings (SSSR count). The maximum Gasteiger partial charge on any atom is 0.253 e. The molecule has 35 heavy (non-hydrogen) atoms. The number of nitrogens with one attached hydrogen (secondary N) is 3. The molecule has 0 unspecified atom stereocenters. The lowest BCUT2D eigenvalue weighted by Gasteiger charge is -2.20. The van der Waals surface area contributed by atoms with Gasteiger partial charge in [0.15, 0.2) is 5.82 Å². The monoisotopic (exact) mass is 480 g/mol. The Morgan fingerprint density at radius 1 is 1.06 bits per heavy atom. The number of hydrogen-bond acceptors (Lipinski definition) is 7. The number of aromatic nitrogens is 3. The molecule has 11 heteroatoms. The van der Waals surface area contributed by atoms with Gasteiger partial charge in [0.1, 0.15) is 12.4 Å². The van der Waals surface area contributed by atoms with Gasteiger partial charge in [-0.15, -0.1) is 0 Å². The third kappa shape index (κ3) is 6.12. The van der Waals surface area contributed by atoms with Gasteiger partial charge in [-0.3, -0.25) is 14.3 Å². The average molecular weight is 481 g/mol. The maximum atomic E-state index is 14.5. The lowest BCUT2D eigenvalue weighted by atomic mass is 10.1. The molecule has 184 valence electrons. The molecule has 0 radical (unpaired) electrons. The summed E-state index contributed by atoms with van der Waals surface area (Å²) in [7, 11) is 3.60. The molecule has 2 amide bonds. The number of likely N-dealkylation sites (N-methyl/N-ethyl adjacent to an activating group) is 1. The van der Waals surface area contributed by atoms with Crippen molar-refractivity contribution >= 4 is 34.7 Å². The molecule has 3 heterocycles. The van der Waals surface area contributed by atoms with Crippen molar-refractivity contribution in [1.29, 1.82) is 0 Å². The molecule has 2 aromatic heterocycles. The van der Waals surface area contributed by atoms with E-state index < -0.39 is 5.82 Å². The molecule has 0 atom stereocenters. The van der Waals surface area contributed by atoms with Crippen molar-refractivity contribution < 1.29 is 14.0 Å². The molecule has 1 fully saturated rings. The van der Waals surface area contributed by atoms with Crippen LogP contribution in [-0.4, -0.2) is 76.7 Å². The predicted octanol–water partition coefficient (Wildman–Crippen LogP) is 2.43. The zero-order valence-corrected chi connectivity index (χ0v) is 19.8. The molecule has 3 aromatic rings. The molecule has 1 saturated heterocycles. The first-order chi connectivity index (χ1) is 16.9. The molecule has 1 aliphatic heterocycles. The van der Waals surface area contributed by atoms with Gasteiger partial charge in [0.25, 0.3) is 5.91 Å². The number of pyridine rings is 1. The van der Waals surface area contributed by atoms with Crippen molar-refractivity contribution in [3.05, 3.63) is 60.3 Å². The van der Waals surface area contributed by atoms with Crippen LogP contribution in [0.4, 0.5) is 27.3 Å². The van der Waals surface area contributed by atoms with Gasteiger partial charge in [-0.25, -0.2) is 9.37 Å². The summed E-state index contributed by atoms with van der Waals surface area (Å²) in [6.45, 7) is 3.44. The summed E-state index contributed by atoms with van der Waals surface area (Å²) in [6.07, 6.45) is 5.34.